The minimum absolute atomic E-state index is 0.904. The Labute approximate surface area is 150 Å². The summed E-state index contributed by atoms with van der Waals surface area (Å²) in [5.41, 5.74) is 1.85. The van der Waals surface area contributed by atoms with Crippen molar-refractivity contribution in [3.8, 4) is 0 Å². The molecule has 1 aromatic heterocycles. The first-order valence-corrected chi connectivity index (χ1v) is 16.5. The summed E-state index contributed by atoms with van der Waals surface area (Å²) in [6.07, 6.45) is 6.16. The summed E-state index contributed by atoms with van der Waals surface area (Å²) in [5, 5.41) is 0. The van der Waals surface area contributed by atoms with E-state index in [2.05, 4.69) is 54.3 Å². The second-order valence-corrected chi connectivity index (χ2v) is 20.1. The van der Waals surface area contributed by atoms with Crippen molar-refractivity contribution >= 4 is 28.6 Å². The van der Waals surface area contributed by atoms with Gasteiger partial charge in [0.1, 0.15) is 0 Å². The van der Waals surface area contributed by atoms with Gasteiger partial charge in [0.15, 0.2) is 0 Å². The van der Waals surface area contributed by atoms with Gasteiger partial charge in [-0.1, -0.05) is 57.4 Å². The van der Waals surface area contributed by atoms with Crippen molar-refractivity contribution in [3.63, 3.8) is 0 Å². The van der Waals surface area contributed by atoms with Crippen LogP contribution in [0.15, 0.2) is 28.2 Å². The van der Waals surface area contributed by atoms with E-state index >= 15 is 0 Å². The fourth-order valence-electron chi connectivity index (χ4n) is 2.33. The molecule has 0 aliphatic rings. The summed E-state index contributed by atoms with van der Waals surface area (Å²) in [7, 11) is -1.87. The van der Waals surface area contributed by atoms with Crippen molar-refractivity contribution in [3.05, 3.63) is 29.6 Å². The predicted molar refractivity (Wildman–Crippen MR) is 115 cm³/mol. The second-order valence-electron chi connectivity index (χ2n) is 8.89. The van der Waals surface area contributed by atoms with Gasteiger partial charge in [-0.25, -0.2) is 4.98 Å². The Hall–Kier alpha value is -1.08. The van der Waals surface area contributed by atoms with E-state index < -0.39 is 16.1 Å². The van der Waals surface area contributed by atoms with Crippen LogP contribution in [0.3, 0.4) is 0 Å². The van der Waals surface area contributed by atoms with Crippen LogP contribution in [-0.4, -0.2) is 46.7 Å². The summed E-state index contributed by atoms with van der Waals surface area (Å²) in [5.74, 6) is 0. The third-order valence-electron chi connectivity index (χ3n) is 3.67. The molecule has 134 valence electrons. The first kappa shape index (κ1) is 21.0. The minimum atomic E-state index is -0.934. The molecule has 0 unspecified atom stereocenters. The molecule has 5 heteroatoms. The molecule has 0 saturated heterocycles. The molecule has 0 radical (unpaired) electrons. The summed E-state index contributed by atoms with van der Waals surface area (Å²) in [6.45, 7) is 16.3. The molecule has 0 aliphatic heterocycles. The summed E-state index contributed by atoms with van der Waals surface area (Å²) in [4.78, 5) is 13.6. The van der Waals surface area contributed by atoms with Crippen LogP contribution in [0.2, 0.25) is 51.4 Å². The fraction of sp³-hybridized carbons (Fsp3) is 0.632. The highest BCUT2D eigenvalue weighted by molar-refractivity contribution is 6.76. The summed E-state index contributed by atoms with van der Waals surface area (Å²) < 4.78 is 0. The predicted octanol–water partition coefficient (Wildman–Crippen LogP) is 5.38. The zero-order chi connectivity index (χ0) is 18.1. The number of aromatic nitrogens is 1. The lowest BCUT2D eigenvalue weighted by Crippen LogP contribution is -2.19. The smallest absolute Gasteiger partial charge is 0.0815 e. The summed E-state index contributed by atoms with van der Waals surface area (Å²) >= 11 is 0. The van der Waals surface area contributed by atoms with Crippen molar-refractivity contribution in [1.82, 2.24) is 4.98 Å². The Morgan fingerprint density at radius 2 is 1.21 bits per heavy atom. The van der Waals surface area contributed by atoms with Gasteiger partial charge >= 0.3 is 0 Å². The third-order valence-corrected chi connectivity index (χ3v) is 7.37. The highest BCUT2D eigenvalue weighted by Gasteiger charge is 2.11. The number of aliphatic imine (C=N–C) groups is 2. The maximum absolute atomic E-state index is 4.58. The summed E-state index contributed by atoms with van der Waals surface area (Å²) in [6, 6.07) is 8.71. The van der Waals surface area contributed by atoms with Crippen molar-refractivity contribution < 1.29 is 0 Å². The van der Waals surface area contributed by atoms with Crippen molar-refractivity contribution in [2.45, 2.75) is 64.2 Å². The van der Waals surface area contributed by atoms with Gasteiger partial charge in [0, 0.05) is 41.7 Å². The number of hydrogen-bond donors (Lipinski definition) is 0. The quantitative estimate of drug-likeness (QED) is 0.313. The van der Waals surface area contributed by atoms with Gasteiger partial charge in [-0.2, -0.15) is 0 Å². The van der Waals surface area contributed by atoms with Crippen LogP contribution < -0.4 is 0 Å². The van der Waals surface area contributed by atoms with Crippen LogP contribution in [0.5, 0.6) is 0 Å². The van der Waals surface area contributed by atoms with Gasteiger partial charge < -0.3 is 0 Å². The molecule has 1 heterocycles. The van der Waals surface area contributed by atoms with Crippen molar-refractivity contribution in [2.75, 3.05) is 13.1 Å². The van der Waals surface area contributed by atoms with Gasteiger partial charge in [0.05, 0.1) is 11.4 Å². The van der Waals surface area contributed by atoms with Crippen LogP contribution >= 0.6 is 0 Å². The zero-order valence-corrected chi connectivity index (χ0v) is 18.5. The van der Waals surface area contributed by atoms with E-state index in [-0.39, 0.29) is 0 Å². The van der Waals surface area contributed by atoms with Crippen LogP contribution in [-0.2, 0) is 0 Å². The van der Waals surface area contributed by atoms with Gasteiger partial charge in [0.2, 0.25) is 0 Å². The molecule has 1 aromatic rings. The molecule has 3 nitrogen and oxygen atoms in total. The van der Waals surface area contributed by atoms with E-state index in [9.17, 15) is 0 Å². The molecule has 0 spiro atoms. The van der Waals surface area contributed by atoms with Gasteiger partial charge in [-0.3, -0.25) is 9.98 Å². The Morgan fingerprint density at radius 1 is 0.792 bits per heavy atom. The molecule has 0 atom stereocenters. The lowest BCUT2D eigenvalue weighted by Gasteiger charge is -2.13. The molecule has 0 amide bonds. The molecule has 0 aromatic carbocycles. The molecule has 1 rings (SSSR count). The maximum Gasteiger partial charge on any atom is 0.0815 e. The number of pyridine rings is 1. The van der Waals surface area contributed by atoms with E-state index in [1.807, 2.05) is 30.6 Å². The molecule has 0 bridgehead atoms. The average molecular weight is 362 g/mol. The Kier molecular flexibility index (Phi) is 8.77. The maximum atomic E-state index is 4.58. The van der Waals surface area contributed by atoms with E-state index in [1.165, 1.54) is 24.9 Å². The Bertz CT molecular complexity index is 495. The number of nitrogens with zero attached hydrogens (tertiary/aromatic N) is 3. The zero-order valence-electron chi connectivity index (χ0n) is 16.5. The molecule has 0 fully saturated rings. The number of rotatable bonds is 10. The van der Waals surface area contributed by atoms with Gasteiger partial charge in [-0.05, 0) is 25.0 Å². The largest absolute Gasteiger partial charge is 0.291 e. The second kappa shape index (κ2) is 10.0. The van der Waals surface area contributed by atoms with Crippen molar-refractivity contribution in [2.24, 2.45) is 9.98 Å². The molecule has 0 saturated carbocycles. The van der Waals surface area contributed by atoms with Crippen LogP contribution in [0.4, 0.5) is 0 Å². The molecule has 24 heavy (non-hydrogen) atoms. The first-order valence-electron chi connectivity index (χ1n) is 9.12. The highest BCUT2D eigenvalue weighted by Crippen LogP contribution is 2.11. The van der Waals surface area contributed by atoms with Gasteiger partial charge in [0.25, 0.3) is 0 Å². The highest BCUT2D eigenvalue weighted by atomic mass is 28.3. The van der Waals surface area contributed by atoms with E-state index in [1.54, 1.807) is 0 Å². The lowest BCUT2D eigenvalue weighted by molar-refractivity contribution is 0.915. The average Bonchev–Trinajstić information content (AvgIpc) is 2.44. The van der Waals surface area contributed by atoms with E-state index in [4.69, 9.17) is 0 Å². The normalized spacial score (nSPS) is 13.2. The Morgan fingerprint density at radius 3 is 1.58 bits per heavy atom. The first-order chi connectivity index (χ1) is 11.2. The standard InChI is InChI=1S/C19H35N3Si2/c1-23(2,3)14-8-12-20-16-18-10-7-11-19(22-18)17-21-13-9-15-24(4,5)6/h7,10-11,16-17H,8-9,12-15H2,1-6H3. The SMILES string of the molecule is C[Si](C)(C)CCCN=Cc1cccc(C=NCCC[Si](C)(C)C)n1. The fourth-order valence-corrected chi connectivity index (χ4v) is 4.77. The van der Waals surface area contributed by atoms with E-state index in [0.717, 1.165) is 24.5 Å². The van der Waals surface area contributed by atoms with Crippen LogP contribution in [0.1, 0.15) is 24.2 Å². The molecule has 0 N–H and O–H groups in total. The number of hydrogen-bond acceptors (Lipinski definition) is 3. The Balaban J connectivity index is 2.40. The van der Waals surface area contributed by atoms with Crippen LogP contribution in [0.25, 0.3) is 0 Å². The monoisotopic (exact) mass is 361 g/mol. The third kappa shape index (κ3) is 11.5. The van der Waals surface area contributed by atoms with Gasteiger partial charge in [-0.15, -0.1) is 0 Å². The molecular weight excluding hydrogens is 326 g/mol. The molecular formula is C19H35N3Si2. The van der Waals surface area contributed by atoms with Crippen LogP contribution in [0, 0.1) is 0 Å². The topological polar surface area (TPSA) is 37.6 Å². The van der Waals surface area contributed by atoms with E-state index in [0.29, 0.717) is 0 Å². The molecule has 0 aliphatic carbocycles. The minimum Gasteiger partial charge on any atom is -0.291 e. The van der Waals surface area contributed by atoms with Crippen molar-refractivity contribution in [1.29, 1.82) is 0 Å². The lowest BCUT2D eigenvalue weighted by atomic mass is 10.3.